The van der Waals surface area contributed by atoms with E-state index in [0.717, 1.165) is 0 Å². The number of carboxylic acid groups (broad SMARTS) is 1. The molecule has 1 aromatic heterocycles. The summed E-state index contributed by atoms with van der Waals surface area (Å²) in [5.74, 6) is -0.191. The lowest BCUT2D eigenvalue weighted by Gasteiger charge is -2.11. The number of hydrogen-bond acceptors (Lipinski definition) is 5. The second kappa shape index (κ2) is 6.23. The first-order valence-corrected chi connectivity index (χ1v) is 7.58. The van der Waals surface area contributed by atoms with Crippen LogP contribution < -0.4 is 14.9 Å². The molecule has 1 heterocycles. The lowest BCUT2D eigenvalue weighted by atomic mass is 10.1. The second-order valence-corrected chi connectivity index (χ2v) is 5.11. The minimum atomic E-state index is -1.10. The predicted molar refractivity (Wildman–Crippen MR) is 89.3 cm³/mol. The van der Waals surface area contributed by atoms with Gasteiger partial charge in [-0.25, -0.2) is 4.79 Å². The van der Waals surface area contributed by atoms with E-state index in [4.69, 9.17) is 19.0 Å². The highest BCUT2D eigenvalue weighted by Crippen LogP contribution is 2.32. The molecule has 0 aliphatic rings. The second-order valence-electron chi connectivity index (χ2n) is 5.11. The van der Waals surface area contributed by atoms with Crippen LogP contribution in [0.4, 0.5) is 0 Å². The molecule has 0 unspecified atom stereocenters. The standard InChI is InChI=1S/C18H16O6/c1-3-22-11-8-13-16(19)12-7-10(18(20)21)5-6-14(12)24-17(13)15(9-11)23-4-2/h5-9H,3-4H2,1-2H3,(H,20,21). The summed E-state index contributed by atoms with van der Waals surface area (Å²) in [6.45, 7) is 4.52. The van der Waals surface area contributed by atoms with Gasteiger partial charge in [0.2, 0.25) is 5.43 Å². The van der Waals surface area contributed by atoms with Crippen molar-refractivity contribution in [1.82, 2.24) is 0 Å². The number of ether oxygens (including phenoxy) is 2. The summed E-state index contributed by atoms with van der Waals surface area (Å²) in [6, 6.07) is 7.45. The first kappa shape index (κ1) is 15.9. The van der Waals surface area contributed by atoms with Crippen LogP contribution in [-0.4, -0.2) is 24.3 Å². The maximum Gasteiger partial charge on any atom is 0.335 e. The maximum atomic E-state index is 12.8. The van der Waals surface area contributed by atoms with Gasteiger partial charge in [-0.05, 0) is 38.1 Å². The summed E-state index contributed by atoms with van der Waals surface area (Å²) in [6.07, 6.45) is 0. The summed E-state index contributed by atoms with van der Waals surface area (Å²) >= 11 is 0. The molecular formula is C18H16O6. The number of benzene rings is 2. The average molecular weight is 328 g/mol. The molecule has 0 atom stereocenters. The van der Waals surface area contributed by atoms with Crippen LogP contribution in [-0.2, 0) is 0 Å². The Morgan fingerprint density at radius 1 is 1.08 bits per heavy atom. The van der Waals surface area contributed by atoms with Gasteiger partial charge in [0.15, 0.2) is 11.3 Å². The largest absolute Gasteiger partial charge is 0.494 e. The fourth-order valence-corrected chi connectivity index (χ4v) is 2.55. The van der Waals surface area contributed by atoms with Gasteiger partial charge in [-0.3, -0.25) is 4.79 Å². The monoisotopic (exact) mass is 328 g/mol. The van der Waals surface area contributed by atoms with E-state index in [2.05, 4.69) is 0 Å². The Labute approximate surface area is 137 Å². The van der Waals surface area contributed by atoms with Crippen molar-refractivity contribution in [3.63, 3.8) is 0 Å². The zero-order valence-electron chi connectivity index (χ0n) is 13.3. The van der Waals surface area contributed by atoms with Crippen LogP contribution >= 0.6 is 0 Å². The Kier molecular flexibility index (Phi) is 4.12. The number of fused-ring (bicyclic) bond motifs is 2. The van der Waals surface area contributed by atoms with Gasteiger partial charge in [-0.2, -0.15) is 0 Å². The number of carboxylic acids is 1. The summed E-state index contributed by atoms with van der Waals surface area (Å²) < 4.78 is 16.8. The highest BCUT2D eigenvalue weighted by Gasteiger charge is 2.16. The molecule has 2 aromatic carbocycles. The van der Waals surface area contributed by atoms with Crippen molar-refractivity contribution in [3.8, 4) is 11.5 Å². The molecule has 6 nitrogen and oxygen atoms in total. The Hall–Kier alpha value is -3.02. The highest BCUT2D eigenvalue weighted by molar-refractivity contribution is 5.97. The number of aromatic carboxylic acids is 1. The summed E-state index contributed by atoms with van der Waals surface area (Å²) in [7, 11) is 0. The van der Waals surface area contributed by atoms with Crippen molar-refractivity contribution in [2.24, 2.45) is 0 Å². The SMILES string of the molecule is CCOc1cc(OCC)c2oc3ccc(C(=O)O)cc3c(=O)c2c1. The van der Waals surface area contributed by atoms with E-state index in [9.17, 15) is 9.59 Å². The van der Waals surface area contributed by atoms with E-state index in [-0.39, 0.29) is 16.4 Å². The average Bonchev–Trinajstić information content (AvgIpc) is 2.56. The molecule has 0 aliphatic heterocycles. The van der Waals surface area contributed by atoms with Crippen LogP contribution in [0.3, 0.4) is 0 Å². The van der Waals surface area contributed by atoms with E-state index in [1.807, 2.05) is 13.8 Å². The minimum absolute atomic E-state index is 0.0279. The first-order chi connectivity index (χ1) is 11.5. The zero-order chi connectivity index (χ0) is 17.3. The third-order valence-electron chi connectivity index (χ3n) is 3.57. The Morgan fingerprint density at radius 3 is 2.50 bits per heavy atom. The normalized spacial score (nSPS) is 10.9. The van der Waals surface area contributed by atoms with Gasteiger partial charge in [0, 0.05) is 6.07 Å². The van der Waals surface area contributed by atoms with Crippen LogP contribution in [0, 0.1) is 0 Å². The van der Waals surface area contributed by atoms with Gasteiger partial charge in [0.1, 0.15) is 11.3 Å². The molecule has 24 heavy (non-hydrogen) atoms. The van der Waals surface area contributed by atoms with Crippen molar-refractivity contribution >= 4 is 27.9 Å². The van der Waals surface area contributed by atoms with Crippen molar-refractivity contribution in [2.75, 3.05) is 13.2 Å². The molecule has 0 bridgehead atoms. The Bertz CT molecular complexity index is 986. The smallest absolute Gasteiger partial charge is 0.335 e. The lowest BCUT2D eigenvalue weighted by molar-refractivity contribution is 0.0697. The van der Waals surface area contributed by atoms with Gasteiger partial charge in [0.05, 0.1) is 29.5 Å². The van der Waals surface area contributed by atoms with E-state index in [1.54, 1.807) is 12.1 Å². The van der Waals surface area contributed by atoms with Gasteiger partial charge < -0.3 is 19.0 Å². The first-order valence-electron chi connectivity index (χ1n) is 7.58. The molecule has 0 fully saturated rings. The van der Waals surface area contributed by atoms with E-state index in [1.165, 1.54) is 18.2 Å². The fraction of sp³-hybridized carbons (Fsp3) is 0.222. The maximum absolute atomic E-state index is 12.8. The molecule has 3 rings (SSSR count). The van der Waals surface area contributed by atoms with Crippen molar-refractivity contribution < 1.29 is 23.8 Å². The van der Waals surface area contributed by atoms with Crippen molar-refractivity contribution in [2.45, 2.75) is 13.8 Å². The fourth-order valence-electron chi connectivity index (χ4n) is 2.55. The van der Waals surface area contributed by atoms with Gasteiger partial charge >= 0.3 is 5.97 Å². The Balaban J connectivity index is 2.38. The van der Waals surface area contributed by atoms with Crippen LogP contribution in [0.25, 0.3) is 21.9 Å². The van der Waals surface area contributed by atoms with Crippen LogP contribution in [0.5, 0.6) is 11.5 Å². The lowest BCUT2D eigenvalue weighted by Crippen LogP contribution is -2.06. The predicted octanol–water partition coefficient (Wildman–Crippen LogP) is 3.44. The van der Waals surface area contributed by atoms with Crippen LogP contribution in [0.1, 0.15) is 24.2 Å². The van der Waals surface area contributed by atoms with E-state index < -0.39 is 5.97 Å². The molecular weight excluding hydrogens is 312 g/mol. The molecule has 0 saturated heterocycles. The molecule has 3 aromatic rings. The third kappa shape index (κ3) is 2.67. The zero-order valence-corrected chi connectivity index (χ0v) is 13.3. The number of hydrogen-bond donors (Lipinski definition) is 1. The number of carbonyl (C=O) groups is 1. The summed E-state index contributed by atoms with van der Waals surface area (Å²) in [4.78, 5) is 23.9. The quantitative estimate of drug-likeness (QED) is 0.722. The highest BCUT2D eigenvalue weighted by atomic mass is 16.5. The number of rotatable bonds is 5. The Morgan fingerprint density at radius 2 is 1.83 bits per heavy atom. The molecule has 0 aliphatic carbocycles. The van der Waals surface area contributed by atoms with E-state index >= 15 is 0 Å². The van der Waals surface area contributed by atoms with Crippen LogP contribution in [0.15, 0.2) is 39.5 Å². The molecule has 124 valence electrons. The molecule has 1 N–H and O–H groups in total. The minimum Gasteiger partial charge on any atom is -0.494 e. The summed E-state index contributed by atoms with van der Waals surface area (Å²) in [5, 5.41) is 9.60. The molecule has 0 radical (unpaired) electrons. The molecule has 0 amide bonds. The van der Waals surface area contributed by atoms with Crippen LogP contribution in [0.2, 0.25) is 0 Å². The van der Waals surface area contributed by atoms with Gasteiger partial charge in [-0.1, -0.05) is 0 Å². The van der Waals surface area contributed by atoms with Gasteiger partial charge in [-0.15, -0.1) is 0 Å². The molecule has 0 saturated carbocycles. The topological polar surface area (TPSA) is 86.0 Å². The third-order valence-corrected chi connectivity index (χ3v) is 3.57. The molecule has 6 heteroatoms. The summed E-state index contributed by atoms with van der Waals surface area (Å²) in [5.41, 5.74) is 0.334. The van der Waals surface area contributed by atoms with Crippen molar-refractivity contribution in [3.05, 3.63) is 46.1 Å². The molecule has 0 spiro atoms. The van der Waals surface area contributed by atoms with E-state index in [0.29, 0.717) is 41.3 Å². The van der Waals surface area contributed by atoms with Gasteiger partial charge in [0.25, 0.3) is 0 Å². The van der Waals surface area contributed by atoms with Crippen molar-refractivity contribution in [1.29, 1.82) is 0 Å².